The summed E-state index contributed by atoms with van der Waals surface area (Å²) in [5.74, 6) is -1.33. The van der Waals surface area contributed by atoms with Crippen LogP contribution in [0.15, 0.2) is 96.5 Å². The van der Waals surface area contributed by atoms with E-state index in [2.05, 4.69) is 55.8 Å². The number of benzene rings is 3. The molecule has 6 aromatic rings. The first kappa shape index (κ1) is 62.1. The van der Waals surface area contributed by atoms with Crippen molar-refractivity contribution >= 4 is 39.6 Å². The second kappa shape index (κ2) is 31.6. The Morgan fingerprint density at radius 1 is 0.538 bits per heavy atom. The Labute approximate surface area is 471 Å². The van der Waals surface area contributed by atoms with Gasteiger partial charge in [-0.15, -0.1) is 15.3 Å². The predicted molar refractivity (Wildman–Crippen MR) is 274 cm³/mol. The van der Waals surface area contributed by atoms with Gasteiger partial charge in [0.25, 0.3) is 5.16 Å². The molecule has 0 spiro atoms. The average molecular weight is 1110 g/mol. The number of piperazine rings is 3. The van der Waals surface area contributed by atoms with Crippen molar-refractivity contribution in [3.8, 4) is 33.8 Å². The standard InChI is InChI=1S/C17H20FN5O2.C15H16FN5O2.C10H8FN3O2S.C8H16N2O2.Na/c1-2-25-16(24)12-22-7-9-23(10-8-22)17-20-15(11-19-21-17)13-3-5-14(18)6-4-13;16-12-3-1-11(2-4-12)13-9-17-19-15(18-13)21-7-5-20(6-8-21)10-14(22)23;1-17(15,16)10-13-9(6-12-14-10)7-2-4-8(11)5-3-7;1-2-12-8(11)7-10-5-3-9-4-6-10;/h3-6,11H,2,7-10,12H2,1H3;1-4,9H,5-8,10H2,(H,22,23);2-6H,1H3;9H,2-7H2,1H3;/q;;;;+1/p-1. The fourth-order valence-electron chi connectivity index (χ4n) is 7.62. The summed E-state index contributed by atoms with van der Waals surface area (Å²) in [5, 5.41) is 36.6. The smallest absolute Gasteiger partial charge is 0.549 e. The van der Waals surface area contributed by atoms with Crippen LogP contribution in [-0.4, -0.2) is 204 Å². The molecule has 6 heterocycles. The Morgan fingerprint density at radius 3 is 1.24 bits per heavy atom. The molecule has 0 amide bonds. The molecule has 3 aromatic carbocycles. The molecule has 0 bridgehead atoms. The molecule has 28 heteroatoms. The number of carbonyl (C=O) groups excluding carboxylic acids is 3. The third-order valence-electron chi connectivity index (χ3n) is 11.6. The van der Waals surface area contributed by atoms with Crippen LogP contribution < -0.4 is 49.8 Å². The van der Waals surface area contributed by atoms with Crippen LogP contribution in [0.4, 0.5) is 25.1 Å². The number of carboxylic acids is 1. The summed E-state index contributed by atoms with van der Waals surface area (Å²) >= 11 is 0. The van der Waals surface area contributed by atoms with Gasteiger partial charge in [-0.2, -0.15) is 15.3 Å². The number of nitrogens with zero attached hydrogens (tertiary/aromatic N) is 14. The number of carbonyl (C=O) groups is 3. The van der Waals surface area contributed by atoms with Gasteiger partial charge in [0.2, 0.25) is 21.7 Å². The topological polar surface area (TPSA) is 271 Å². The van der Waals surface area contributed by atoms with Crippen LogP contribution in [0.5, 0.6) is 0 Å². The maximum absolute atomic E-state index is 13.1. The summed E-state index contributed by atoms with van der Waals surface area (Å²) in [6, 6.07) is 17.6. The molecular formula is C50H59F3N15NaO8S. The summed E-state index contributed by atoms with van der Waals surface area (Å²) < 4.78 is 71.1. The predicted octanol–water partition coefficient (Wildman–Crippen LogP) is -1.55. The van der Waals surface area contributed by atoms with E-state index < -0.39 is 15.8 Å². The molecule has 3 aromatic heterocycles. The van der Waals surface area contributed by atoms with Crippen molar-refractivity contribution in [3.63, 3.8) is 0 Å². The van der Waals surface area contributed by atoms with E-state index in [9.17, 15) is 41.1 Å². The molecule has 0 atom stereocenters. The number of ether oxygens (including phenoxy) is 2. The minimum atomic E-state index is -3.50. The number of aliphatic carboxylic acids is 1. The minimum Gasteiger partial charge on any atom is -0.549 e. The number of rotatable bonds is 14. The quantitative estimate of drug-likeness (QED) is 0.0956. The number of carboxylic acid groups (broad SMARTS) is 1. The first-order chi connectivity index (χ1) is 37.1. The number of halogens is 3. The first-order valence-electron chi connectivity index (χ1n) is 24.5. The van der Waals surface area contributed by atoms with Gasteiger partial charge in [0.05, 0.1) is 67.9 Å². The molecule has 0 radical (unpaired) electrons. The van der Waals surface area contributed by atoms with Gasteiger partial charge in [-0.1, -0.05) is 0 Å². The molecule has 78 heavy (non-hydrogen) atoms. The van der Waals surface area contributed by atoms with Gasteiger partial charge in [-0.25, -0.2) is 36.5 Å². The average Bonchev–Trinajstić information content (AvgIpc) is 3.43. The molecular weight excluding hydrogens is 1050 g/mol. The van der Waals surface area contributed by atoms with Crippen molar-refractivity contribution in [1.29, 1.82) is 0 Å². The van der Waals surface area contributed by atoms with Crippen LogP contribution in [0.3, 0.4) is 0 Å². The van der Waals surface area contributed by atoms with E-state index in [-0.39, 0.29) is 70.6 Å². The maximum Gasteiger partial charge on any atom is 1.00 e. The summed E-state index contributed by atoms with van der Waals surface area (Å²) in [6.07, 6.45) is 5.41. The Morgan fingerprint density at radius 2 is 0.885 bits per heavy atom. The molecule has 0 saturated carbocycles. The van der Waals surface area contributed by atoms with Crippen LogP contribution in [0.1, 0.15) is 13.8 Å². The van der Waals surface area contributed by atoms with Gasteiger partial charge in [0.15, 0.2) is 0 Å². The number of aromatic nitrogens is 9. The molecule has 0 aliphatic carbocycles. The largest absolute Gasteiger partial charge is 1.00 e. The van der Waals surface area contributed by atoms with E-state index in [0.29, 0.717) is 100 Å². The van der Waals surface area contributed by atoms with Gasteiger partial charge in [-0.05, 0) is 86.6 Å². The number of hydrogen-bond donors (Lipinski definition) is 1. The van der Waals surface area contributed by atoms with E-state index >= 15 is 0 Å². The number of sulfone groups is 1. The van der Waals surface area contributed by atoms with Gasteiger partial charge in [0, 0.05) is 108 Å². The molecule has 1 N–H and O–H groups in total. The van der Waals surface area contributed by atoms with Crippen LogP contribution in [0, 0.1) is 17.5 Å². The molecule has 3 aliphatic heterocycles. The zero-order valence-electron chi connectivity index (χ0n) is 43.8. The van der Waals surface area contributed by atoms with E-state index in [4.69, 9.17) is 9.47 Å². The zero-order valence-corrected chi connectivity index (χ0v) is 46.6. The summed E-state index contributed by atoms with van der Waals surface area (Å²) in [6.45, 7) is 14.3. The second-order valence-electron chi connectivity index (χ2n) is 17.2. The molecule has 0 unspecified atom stereocenters. The SMILES string of the molecule is CCOC(=O)CN1CCN(c2nncc(-c3ccc(F)cc3)n2)CC1.CCOC(=O)CN1CCNCC1.CS(=O)(=O)c1nncc(-c2ccc(F)cc2)n1.O=C([O-])CN1CCN(c2nncc(-c3ccc(F)cc3)n2)CC1.[Na+]. The van der Waals surface area contributed by atoms with Gasteiger partial charge in [-0.3, -0.25) is 24.3 Å². The number of nitrogens with one attached hydrogen (secondary N) is 1. The van der Waals surface area contributed by atoms with Crippen LogP contribution in [0.25, 0.3) is 33.8 Å². The normalized spacial score (nSPS) is 14.9. The Bertz CT molecular complexity index is 2940. The Balaban J connectivity index is 0.000000197. The van der Waals surface area contributed by atoms with Crippen molar-refractivity contribution in [2.24, 2.45) is 0 Å². The van der Waals surface area contributed by atoms with Gasteiger partial charge in [0.1, 0.15) is 17.5 Å². The Hall–Kier alpha value is -6.72. The van der Waals surface area contributed by atoms with E-state index in [1.807, 2.05) is 26.5 Å². The van der Waals surface area contributed by atoms with Crippen molar-refractivity contribution in [3.05, 3.63) is 109 Å². The third-order valence-corrected chi connectivity index (χ3v) is 12.4. The maximum atomic E-state index is 13.1. The van der Waals surface area contributed by atoms with Crippen molar-refractivity contribution < 1.29 is 80.1 Å². The summed E-state index contributed by atoms with van der Waals surface area (Å²) in [4.78, 5) is 56.0. The molecule has 410 valence electrons. The number of hydrogen-bond acceptors (Lipinski definition) is 23. The number of anilines is 2. The second-order valence-corrected chi connectivity index (χ2v) is 19.1. The van der Waals surface area contributed by atoms with Crippen molar-refractivity contribution in [2.45, 2.75) is 19.0 Å². The monoisotopic (exact) mass is 1110 g/mol. The Kier molecular flexibility index (Phi) is 25.2. The molecule has 3 saturated heterocycles. The van der Waals surface area contributed by atoms with Crippen molar-refractivity contribution in [2.75, 3.05) is 127 Å². The van der Waals surface area contributed by atoms with Crippen LogP contribution >= 0.6 is 0 Å². The van der Waals surface area contributed by atoms with E-state index in [0.717, 1.165) is 56.7 Å². The van der Waals surface area contributed by atoms with Crippen LogP contribution in [-0.2, 0) is 33.7 Å². The molecule has 9 rings (SSSR count). The molecule has 3 fully saturated rings. The zero-order chi connectivity index (χ0) is 55.2. The fraction of sp³-hybridized carbons (Fsp3) is 0.400. The molecule has 3 aliphatic rings. The van der Waals surface area contributed by atoms with E-state index in [1.165, 1.54) is 60.9 Å². The summed E-state index contributed by atoms with van der Waals surface area (Å²) in [5.41, 5.74) is 3.73. The molecule has 23 nitrogen and oxygen atoms in total. The third kappa shape index (κ3) is 20.6. The fourth-order valence-corrected chi connectivity index (χ4v) is 8.08. The summed E-state index contributed by atoms with van der Waals surface area (Å²) in [7, 11) is -3.50. The van der Waals surface area contributed by atoms with E-state index in [1.54, 1.807) is 37.4 Å². The van der Waals surface area contributed by atoms with Gasteiger partial charge >= 0.3 is 41.5 Å². The van der Waals surface area contributed by atoms with Crippen molar-refractivity contribution in [1.82, 2.24) is 65.6 Å². The number of esters is 2. The van der Waals surface area contributed by atoms with Gasteiger partial charge < -0.3 is 34.5 Å². The first-order valence-corrected chi connectivity index (χ1v) is 26.4. The minimum absolute atomic E-state index is 0. The van der Waals surface area contributed by atoms with Crippen LogP contribution in [0.2, 0.25) is 0 Å².